The van der Waals surface area contributed by atoms with Crippen molar-refractivity contribution in [2.75, 3.05) is 32.7 Å². The van der Waals surface area contributed by atoms with Gasteiger partial charge in [0.2, 0.25) is 0 Å². The van der Waals surface area contributed by atoms with Crippen molar-refractivity contribution in [1.29, 1.82) is 0 Å². The summed E-state index contributed by atoms with van der Waals surface area (Å²) in [7, 11) is 0. The van der Waals surface area contributed by atoms with Gasteiger partial charge in [0.1, 0.15) is 5.60 Å². The van der Waals surface area contributed by atoms with Gasteiger partial charge >= 0.3 is 6.09 Å². The number of hydrogen-bond donors (Lipinski definition) is 2. The predicted molar refractivity (Wildman–Crippen MR) is 86.5 cm³/mol. The van der Waals surface area contributed by atoms with Crippen LogP contribution in [0.5, 0.6) is 0 Å². The predicted octanol–water partition coefficient (Wildman–Crippen LogP) is 2.22. The molecule has 5 heteroatoms. The second kappa shape index (κ2) is 7.45. The first-order valence-electron chi connectivity index (χ1n) is 8.00. The zero-order valence-electron chi connectivity index (χ0n) is 14.6. The van der Waals surface area contributed by atoms with Gasteiger partial charge in [0.05, 0.1) is 0 Å². The number of rotatable bonds is 5. The molecular formula is C16H33N3O2. The van der Waals surface area contributed by atoms with Crippen molar-refractivity contribution in [3.05, 3.63) is 0 Å². The van der Waals surface area contributed by atoms with Crippen molar-refractivity contribution in [2.24, 2.45) is 5.92 Å². The van der Waals surface area contributed by atoms with Crippen LogP contribution in [0.1, 0.15) is 48.0 Å². The Kier molecular flexibility index (Phi) is 6.47. The summed E-state index contributed by atoms with van der Waals surface area (Å²) in [6.07, 6.45) is 0.873. The summed E-state index contributed by atoms with van der Waals surface area (Å²) in [5.74, 6) is 0.534. The molecule has 1 aliphatic heterocycles. The number of nitrogens with zero attached hydrogens (tertiary/aromatic N) is 1. The Balaban J connectivity index is 2.16. The second-order valence-electron chi connectivity index (χ2n) is 7.96. The molecule has 1 heterocycles. The van der Waals surface area contributed by atoms with Crippen LogP contribution in [0, 0.1) is 5.92 Å². The second-order valence-corrected chi connectivity index (χ2v) is 7.96. The van der Waals surface area contributed by atoms with Gasteiger partial charge in [0.15, 0.2) is 0 Å². The molecule has 5 nitrogen and oxygen atoms in total. The topological polar surface area (TPSA) is 53.6 Å². The molecule has 0 aromatic rings. The maximum atomic E-state index is 12.0. The van der Waals surface area contributed by atoms with Gasteiger partial charge in [-0.25, -0.2) is 4.79 Å². The monoisotopic (exact) mass is 299 g/mol. The molecule has 0 aromatic carbocycles. The number of amides is 1. The normalized spacial score (nSPS) is 19.9. The van der Waals surface area contributed by atoms with E-state index in [1.807, 2.05) is 25.7 Å². The van der Waals surface area contributed by atoms with E-state index in [1.54, 1.807) is 0 Å². The Labute approximate surface area is 129 Å². The molecule has 1 fully saturated rings. The molecule has 124 valence electrons. The molecule has 1 aliphatic rings. The van der Waals surface area contributed by atoms with Crippen LogP contribution in [0.15, 0.2) is 0 Å². The van der Waals surface area contributed by atoms with Gasteiger partial charge in [-0.05, 0) is 60.4 Å². The molecule has 0 radical (unpaired) electrons. The van der Waals surface area contributed by atoms with Gasteiger partial charge in [0.25, 0.3) is 0 Å². The average molecular weight is 299 g/mol. The van der Waals surface area contributed by atoms with Crippen molar-refractivity contribution in [3.63, 3.8) is 0 Å². The smallest absolute Gasteiger partial charge is 0.410 e. The fraction of sp³-hybridized carbons (Fsp3) is 0.938. The van der Waals surface area contributed by atoms with Crippen molar-refractivity contribution >= 4 is 6.09 Å². The minimum absolute atomic E-state index is 0.169. The summed E-state index contributed by atoms with van der Waals surface area (Å²) in [5, 5.41) is 6.92. The summed E-state index contributed by atoms with van der Waals surface area (Å²) in [6, 6.07) is 0. The van der Waals surface area contributed by atoms with Crippen LogP contribution in [0.4, 0.5) is 4.79 Å². The fourth-order valence-corrected chi connectivity index (χ4v) is 2.32. The molecule has 1 saturated heterocycles. The third-order valence-electron chi connectivity index (χ3n) is 3.33. The lowest BCUT2D eigenvalue weighted by Gasteiger charge is -2.24. The van der Waals surface area contributed by atoms with Crippen LogP contribution in [0.25, 0.3) is 0 Å². The summed E-state index contributed by atoms with van der Waals surface area (Å²) in [6.45, 7) is 16.7. The zero-order valence-corrected chi connectivity index (χ0v) is 14.6. The van der Waals surface area contributed by atoms with E-state index in [1.165, 1.54) is 0 Å². The van der Waals surface area contributed by atoms with Gasteiger partial charge in [-0.15, -0.1) is 0 Å². The van der Waals surface area contributed by atoms with Gasteiger partial charge < -0.3 is 20.3 Å². The highest BCUT2D eigenvalue weighted by atomic mass is 16.6. The van der Waals surface area contributed by atoms with E-state index in [0.717, 1.165) is 39.1 Å². The highest BCUT2D eigenvalue weighted by molar-refractivity contribution is 5.68. The third-order valence-corrected chi connectivity index (χ3v) is 3.33. The molecule has 2 N–H and O–H groups in total. The highest BCUT2D eigenvalue weighted by Gasteiger charge is 2.29. The first-order valence-corrected chi connectivity index (χ1v) is 8.00. The summed E-state index contributed by atoms with van der Waals surface area (Å²) >= 11 is 0. The SMILES string of the molecule is CC(C)(C)NCCNCC1CCN(C(=O)OC(C)(C)C)C1. The maximum Gasteiger partial charge on any atom is 0.410 e. The van der Waals surface area contributed by atoms with E-state index in [9.17, 15) is 4.79 Å². The van der Waals surface area contributed by atoms with Crippen LogP contribution in [-0.4, -0.2) is 54.9 Å². The Bertz CT molecular complexity index is 331. The van der Waals surface area contributed by atoms with E-state index >= 15 is 0 Å². The van der Waals surface area contributed by atoms with Crippen molar-refractivity contribution in [1.82, 2.24) is 15.5 Å². The standard InChI is InChI=1S/C16H33N3O2/c1-15(2,3)18-9-8-17-11-13-7-10-19(12-13)14(20)21-16(4,5)6/h13,17-18H,7-12H2,1-6H3. The summed E-state index contributed by atoms with van der Waals surface area (Å²) in [4.78, 5) is 13.8. The molecule has 1 rings (SSSR count). The van der Waals surface area contributed by atoms with Crippen molar-refractivity contribution in [3.8, 4) is 0 Å². The van der Waals surface area contributed by atoms with Crippen LogP contribution in [0.3, 0.4) is 0 Å². The minimum atomic E-state index is -0.411. The Morgan fingerprint density at radius 2 is 1.86 bits per heavy atom. The first-order chi connectivity index (χ1) is 9.57. The third kappa shape index (κ3) is 8.27. The number of hydrogen-bond acceptors (Lipinski definition) is 4. The molecule has 21 heavy (non-hydrogen) atoms. The summed E-state index contributed by atoms with van der Waals surface area (Å²) < 4.78 is 5.41. The fourth-order valence-electron chi connectivity index (χ4n) is 2.32. The van der Waals surface area contributed by atoms with Crippen molar-refractivity contribution < 1.29 is 9.53 Å². The first kappa shape index (κ1) is 18.2. The maximum absolute atomic E-state index is 12.0. The van der Waals surface area contributed by atoms with Crippen LogP contribution < -0.4 is 10.6 Å². The molecule has 0 bridgehead atoms. The highest BCUT2D eigenvalue weighted by Crippen LogP contribution is 2.18. The molecule has 0 aromatic heterocycles. The molecule has 0 spiro atoms. The Morgan fingerprint density at radius 3 is 2.43 bits per heavy atom. The van der Waals surface area contributed by atoms with E-state index in [4.69, 9.17) is 4.74 Å². The lowest BCUT2D eigenvalue weighted by molar-refractivity contribution is 0.0288. The Hall–Kier alpha value is -0.810. The summed E-state index contributed by atoms with van der Waals surface area (Å²) in [5.41, 5.74) is -0.241. The molecule has 1 atom stereocenters. The van der Waals surface area contributed by atoms with E-state index in [2.05, 4.69) is 31.4 Å². The van der Waals surface area contributed by atoms with Crippen molar-refractivity contribution in [2.45, 2.75) is 59.1 Å². The zero-order chi connectivity index (χ0) is 16.1. The van der Waals surface area contributed by atoms with Gasteiger partial charge in [0, 0.05) is 31.7 Å². The number of ether oxygens (including phenoxy) is 1. The molecule has 1 unspecified atom stereocenters. The van der Waals surface area contributed by atoms with Gasteiger partial charge in [-0.1, -0.05) is 0 Å². The quantitative estimate of drug-likeness (QED) is 0.764. The lowest BCUT2D eigenvalue weighted by atomic mass is 10.1. The number of carbonyl (C=O) groups is 1. The van der Waals surface area contributed by atoms with Crippen LogP contribution in [0.2, 0.25) is 0 Å². The largest absolute Gasteiger partial charge is 0.444 e. The van der Waals surface area contributed by atoms with Gasteiger partial charge in [-0.2, -0.15) is 0 Å². The minimum Gasteiger partial charge on any atom is -0.444 e. The van der Waals surface area contributed by atoms with E-state index in [-0.39, 0.29) is 11.6 Å². The van der Waals surface area contributed by atoms with E-state index < -0.39 is 5.60 Å². The van der Waals surface area contributed by atoms with E-state index in [0.29, 0.717) is 5.92 Å². The van der Waals surface area contributed by atoms with Crippen LogP contribution >= 0.6 is 0 Å². The average Bonchev–Trinajstić information content (AvgIpc) is 2.73. The molecule has 0 saturated carbocycles. The van der Waals surface area contributed by atoms with Gasteiger partial charge in [-0.3, -0.25) is 0 Å². The Morgan fingerprint density at radius 1 is 1.19 bits per heavy atom. The molecule has 0 aliphatic carbocycles. The molecule has 1 amide bonds. The van der Waals surface area contributed by atoms with Crippen LogP contribution in [-0.2, 0) is 4.74 Å². The molecular weight excluding hydrogens is 266 g/mol. The number of likely N-dealkylation sites (tertiary alicyclic amines) is 1. The number of nitrogens with one attached hydrogen (secondary N) is 2. The number of carbonyl (C=O) groups excluding carboxylic acids is 1. The lowest BCUT2D eigenvalue weighted by Crippen LogP contribution is -2.41.